The van der Waals surface area contributed by atoms with E-state index in [1.807, 2.05) is 45.9 Å². The molecule has 1 saturated heterocycles. The van der Waals surface area contributed by atoms with Gasteiger partial charge >= 0.3 is 7.12 Å². The zero-order valence-corrected chi connectivity index (χ0v) is 16.5. The predicted octanol–water partition coefficient (Wildman–Crippen LogP) is 2.45. The van der Waals surface area contributed by atoms with Gasteiger partial charge in [0, 0.05) is 5.46 Å². The molecule has 0 aromatic heterocycles. The molecule has 0 amide bonds. The van der Waals surface area contributed by atoms with Crippen molar-refractivity contribution in [2.75, 3.05) is 6.61 Å². The van der Waals surface area contributed by atoms with Gasteiger partial charge < -0.3 is 14.0 Å². The summed E-state index contributed by atoms with van der Waals surface area (Å²) in [6.45, 7) is 10.4. The van der Waals surface area contributed by atoms with Gasteiger partial charge in [0.2, 0.25) is 0 Å². The summed E-state index contributed by atoms with van der Waals surface area (Å²) in [5, 5.41) is -0.561. The van der Waals surface area contributed by atoms with Gasteiger partial charge in [0.25, 0.3) is 0 Å². The van der Waals surface area contributed by atoms with Crippen LogP contribution >= 0.6 is 0 Å². The van der Waals surface area contributed by atoms with Crippen LogP contribution in [0.15, 0.2) is 18.2 Å². The molecule has 25 heavy (non-hydrogen) atoms. The molecule has 3 rings (SSSR count). The van der Waals surface area contributed by atoms with Gasteiger partial charge in [-0.05, 0) is 65.0 Å². The summed E-state index contributed by atoms with van der Waals surface area (Å²) < 4.78 is 41.1. The van der Waals surface area contributed by atoms with Crippen molar-refractivity contribution in [2.45, 2.75) is 63.9 Å². The van der Waals surface area contributed by atoms with E-state index in [0.29, 0.717) is 18.3 Å². The first-order valence-corrected chi connectivity index (χ1v) is 10.1. The van der Waals surface area contributed by atoms with Gasteiger partial charge in [0.05, 0.1) is 23.1 Å². The lowest BCUT2D eigenvalue weighted by molar-refractivity contribution is 0.00578. The van der Waals surface area contributed by atoms with Crippen molar-refractivity contribution >= 4 is 23.3 Å². The lowest BCUT2D eigenvalue weighted by Crippen LogP contribution is -2.41. The van der Waals surface area contributed by atoms with Crippen LogP contribution in [0, 0.1) is 5.92 Å². The molecule has 5 nitrogen and oxygen atoms in total. The van der Waals surface area contributed by atoms with Crippen molar-refractivity contribution in [1.29, 1.82) is 0 Å². The number of thiol groups is 1. The Bertz CT molecular complexity index is 700. The zero-order chi connectivity index (χ0) is 18.4. The molecule has 1 aliphatic heterocycles. The summed E-state index contributed by atoms with van der Waals surface area (Å²) in [5.41, 5.74) is 0.563. The SMILES string of the molecule is CC(c1ccc(OCC2CC2)c(B2OC(C)(C)C(C)(C)O2)c1)[SH](=O)=O. The second-order valence-electron chi connectivity index (χ2n) is 8.10. The Hall–Kier alpha value is -1.05. The number of ether oxygens (including phenoxy) is 1. The molecule has 7 heteroatoms. The normalized spacial score (nSPS) is 23.0. The summed E-state index contributed by atoms with van der Waals surface area (Å²) in [6, 6.07) is 5.50. The van der Waals surface area contributed by atoms with E-state index in [9.17, 15) is 8.42 Å². The van der Waals surface area contributed by atoms with Crippen molar-refractivity contribution in [3.05, 3.63) is 23.8 Å². The first kappa shape index (κ1) is 18.7. The molecule has 1 aromatic rings. The van der Waals surface area contributed by atoms with Crippen molar-refractivity contribution in [3.8, 4) is 5.75 Å². The van der Waals surface area contributed by atoms with Crippen molar-refractivity contribution in [2.24, 2.45) is 5.92 Å². The van der Waals surface area contributed by atoms with E-state index >= 15 is 0 Å². The number of benzene rings is 1. The molecule has 1 saturated carbocycles. The van der Waals surface area contributed by atoms with E-state index in [0.717, 1.165) is 11.0 Å². The first-order valence-electron chi connectivity index (χ1n) is 8.86. The van der Waals surface area contributed by atoms with Gasteiger partial charge in [-0.3, -0.25) is 0 Å². The highest BCUT2D eigenvalue weighted by Gasteiger charge is 2.52. The minimum Gasteiger partial charge on any atom is -0.494 e. The fraction of sp³-hybridized carbons (Fsp3) is 0.667. The number of hydrogen-bond donors (Lipinski definition) is 1. The molecule has 2 fully saturated rings. The highest BCUT2D eigenvalue weighted by atomic mass is 32.2. The molecule has 0 radical (unpaired) electrons. The third-order valence-corrected chi connectivity index (χ3v) is 6.44. The highest BCUT2D eigenvalue weighted by Crippen LogP contribution is 2.38. The molecular weight excluding hydrogens is 339 g/mol. The second kappa shape index (κ2) is 6.60. The van der Waals surface area contributed by atoms with Crippen molar-refractivity contribution in [1.82, 2.24) is 0 Å². The smallest absolute Gasteiger partial charge is 0.494 e. The predicted molar refractivity (Wildman–Crippen MR) is 99.1 cm³/mol. The lowest BCUT2D eigenvalue weighted by Gasteiger charge is -2.32. The van der Waals surface area contributed by atoms with Crippen LogP contribution < -0.4 is 10.2 Å². The van der Waals surface area contributed by atoms with E-state index in [2.05, 4.69) is 0 Å². The van der Waals surface area contributed by atoms with E-state index < -0.39 is 34.3 Å². The van der Waals surface area contributed by atoms with E-state index in [-0.39, 0.29) is 0 Å². The molecule has 1 aliphatic carbocycles. The molecular formula is C18H27BO5S. The average molecular weight is 366 g/mol. The number of rotatable bonds is 6. The summed E-state index contributed by atoms with van der Waals surface area (Å²) >= 11 is 0. The Morgan fingerprint density at radius 2 is 1.80 bits per heavy atom. The molecule has 1 heterocycles. The minimum atomic E-state index is -2.54. The Morgan fingerprint density at radius 3 is 2.32 bits per heavy atom. The molecule has 0 bridgehead atoms. The standard InChI is InChI=1S/C18H27BO5S/c1-12(25(20)21)14-8-9-16(22-11-13-6-7-13)15(10-14)19-23-17(2,3)18(4,5)24-19/h8-10,12-13,25H,6-7,11H2,1-5H3. The maximum absolute atomic E-state index is 11.4. The summed E-state index contributed by atoms with van der Waals surface area (Å²) in [5.74, 6) is 1.34. The van der Waals surface area contributed by atoms with Gasteiger partial charge in [-0.2, -0.15) is 0 Å². The quantitative estimate of drug-likeness (QED) is 0.619. The maximum Gasteiger partial charge on any atom is 0.498 e. The highest BCUT2D eigenvalue weighted by molar-refractivity contribution is 7.72. The largest absolute Gasteiger partial charge is 0.498 e. The van der Waals surface area contributed by atoms with Crippen molar-refractivity contribution in [3.63, 3.8) is 0 Å². The Morgan fingerprint density at radius 1 is 1.20 bits per heavy atom. The molecule has 1 unspecified atom stereocenters. The van der Waals surface area contributed by atoms with Crippen molar-refractivity contribution < 1.29 is 22.5 Å². The summed E-state index contributed by atoms with van der Waals surface area (Å²) in [6.07, 6.45) is 2.41. The van der Waals surface area contributed by atoms with Gasteiger partial charge in [-0.25, -0.2) is 8.42 Å². The van der Waals surface area contributed by atoms with Crippen LogP contribution in [-0.2, 0) is 20.0 Å². The van der Waals surface area contributed by atoms with Crippen LogP contribution in [0.2, 0.25) is 0 Å². The van der Waals surface area contributed by atoms with Crippen LogP contribution in [-0.4, -0.2) is 33.3 Å². The Balaban J connectivity index is 1.94. The van der Waals surface area contributed by atoms with Gasteiger partial charge in [-0.15, -0.1) is 0 Å². The Labute approximate surface area is 152 Å². The molecule has 1 aromatic carbocycles. The molecule has 1 atom stereocenters. The fourth-order valence-electron chi connectivity index (χ4n) is 2.73. The second-order valence-corrected chi connectivity index (χ2v) is 9.45. The lowest BCUT2D eigenvalue weighted by atomic mass is 9.77. The van der Waals surface area contributed by atoms with Gasteiger partial charge in [0.1, 0.15) is 16.5 Å². The molecule has 138 valence electrons. The number of hydrogen-bond acceptors (Lipinski definition) is 5. The summed E-state index contributed by atoms with van der Waals surface area (Å²) in [4.78, 5) is 0. The van der Waals surface area contributed by atoms with E-state index in [1.54, 1.807) is 6.92 Å². The first-order chi connectivity index (χ1) is 11.6. The minimum absolute atomic E-state index is 0.462. The van der Waals surface area contributed by atoms with Crippen LogP contribution in [0.5, 0.6) is 5.75 Å². The molecule has 0 spiro atoms. The average Bonchev–Trinajstić information content (AvgIpc) is 3.31. The molecule has 2 aliphatic rings. The molecule has 0 N–H and O–H groups in total. The van der Waals surface area contributed by atoms with Crippen LogP contribution in [0.1, 0.15) is 58.3 Å². The van der Waals surface area contributed by atoms with E-state index in [1.165, 1.54) is 12.8 Å². The maximum atomic E-state index is 11.4. The summed E-state index contributed by atoms with van der Waals surface area (Å²) in [7, 11) is -3.11. The van der Waals surface area contributed by atoms with Gasteiger partial charge in [-0.1, -0.05) is 12.1 Å². The van der Waals surface area contributed by atoms with E-state index in [4.69, 9.17) is 14.0 Å². The third kappa shape index (κ3) is 3.88. The third-order valence-electron chi connectivity index (χ3n) is 5.51. The topological polar surface area (TPSA) is 61.8 Å². The van der Waals surface area contributed by atoms with Crippen LogP contribution in [0.3, 0.4) is 0 Å². The zero-order valence-electron chi connectivity index (χ0n) is 15.6. The van der Waals surface area contributed by atoms with Crippen LogP contribution in [0.25, 0.3) is 0 Å². The fourth-order valence-corrected chi connectivity index (χ4v) is 3.13. The monoisotopic (exact) mass is 366 g/mol. The van der Waals surface area contributed by atoms with Crippen LogP contribution in [0.4, 0.5) is 0 Å². The van der Waals surface area contributed by atoms with Gasteiger partial charge in [0.15, 0.2) is 0 Å². The Kier molecular flexibility index (Phi) is 4.94.